The van der Waals surface area contributed by atoms with Crippen molar-refractivity contribution in [3.8, 4) is 0 Å². The third-order valence-electron chi connectivity index (χ3n) is 1.17. The quantitative estimate of drug-likeness (QED) is 0.568. The first kappa shape index (κ1) is 9.50. The van der Waals surface area contributed by atoms with E-state index in [0.717, 1.165) is 6.54 Å². The number of rotatable bonds is 5. The molecule has 1 atom stereocenters. The lowest BCUT2D eigenvalue weighted by atomic mass is 10.3. The van der Waals surface area contributed by atoms with Gasteiger partial charge in [-0.2, -0.15) is 0 Å². The van der Waals surface area contributed by atoms with Crippen molar-refractivity contribution in [2.24, 2.45) is 0 Å². The zero-order chi connectivity index (χ0) is 7.82. The normalized spacial score (nSPS) is 13.9. The van der Waals surface area contributed by atoms with Crippen LogP contribution in [0.2, 0.25) is 0 Å². The molecule has 0 saturated carbocycles. The van der Waals surface area contributed by atoms with Gasteiger partial charge in [-0.05, 0) is 25.6 Å². The zero-order valence-corrected chi connectivity index (χ0v) is 6.80. The number of nitrogens with one attached hydrogen (secondary N) is 1. The summed E-state index contributed by atoms with van der Waals surface area (Å²) in [6.07, 6.45) is 5.59. The molecular formula is C8H17NO. The van der Waals surface area contributed by atoms with Crippen LogP contribution in [0, 0.1) is 0 Å². The first-order valence-corrected chi connectivity index (χ1v) is 3.85. The molecule has 2 heteroatoms. The average Bonchev–Trinajstić information content (AvgIpc) is 1.87. The fourth-order valence-corrected chi connectivity index (χ4v) is 0.569. The molecule has 1 unspecified atom stereocenters. The van der Waals surface area contributed by atoms with Crippen molar-refractivity contribution in [3.05, 3.63) is 12.3 Å². The van der Waals surface area contributed by atoms with Gasteiger partial charge in [0.1, 0.15) is 0 Å². The van der Waals surface area contributed by atoms with E-state index in [1.54, 1.807) is 19.2 Å². The van der Waals surface area contributed by atoms with Crippen LogP contribution < -0.4 is 5.32 Å². The Balaban J connectivity index is 3.02. The van der Waals surface area contributed by atoms with Crippen molar-refractivity contribution in [1.82, 2.24) is 5.32 Å². The van der Waals surface area contributed by atoms with Crippen molar-refractivity contribution in [1.29, 1.82) is 0 Å². The summed E-state index contributed by atoms with van der Waals surface area (Å²) in [5.74, 6) is 0. The highest BCUT2D eigenvalue weighted by Gasteiger charge is 1.83. The highest BCUT2D eigenvalue weighted by molar-refractivity contribution is 4.83. The lowest BCUT2D eigenvalue weighted by Gasteiger charge is -1.97. The van der Waals surface area contributed by atoms with Crippen LogP contribution in [-0.4, -0.2) is 17.8 Å². The van der Waals surface area contributed by atoms with Crippen molar-refractivity contribution in [3.63, 3.8) is 0 Å². The molecular weight excluding hydrogens is 126 g/mol. The third-order valence-corrected chi connectivity index (χ3v) is 1.17. The third kappa shape index (κ3) is 7.50. The molecule has 0 bridgehead atoms. The molecule has 60 valence electrons. The maximum atomic E-state index is 8.78. The van der Waals surface area contributed by atoms with E-state index in [1.807, 2.05) is 0 Å². The molecule has 0 aliphatic heterocycles. The maximum Gasteiger partial charge on any atom is 0.0709 e. The molecule has 0 aliphatic carbocycles. The number of hydrogen-bond donors (Lipinski definition) is 2. The van der Waals surface area contributed by atoms with Gasteiger partial charge in [-0.15, -0.1) is 0 Å². The van der Waals surface area contributed by atoms with Crippen LogP contribution in [0.25, 0.3) is 0 Å². The van der Waals surface area contributed by atoms with Gasteiger partial charge < -0.3 is 10.4 Å². The average molecular weight is 143 g/mol. The van der Waals surface area contributed by atoms with E-state index in [9.17, 15) is 0 Å². The Kier molecular flexibility index (Phi) is 6.29. The van der Waals surface area contributed by atoms with Gasteiger partial charge in [-0.3, -0.25) is 0 Å². The van der Waals surface area contributed by atoms with E-state index in [-0.39, 0.29) is 6.10 Å². The molecule has 0 aromatic rings. The van der Waals surface area contributed by atoms with Gasteiger partial charge in [0, 0.05) is 6.54 Å². The molecule has 0 fully saturated rings. The highest BCUT2D eigenvalue weighted by Crippen LogP contribution is 1.83. The molecule has 0 amide bonds. The molecule has 0 rings (SSSR count). The smallest absolute Gasteiger partial charge is 0.0709 e. The maximum absolute atomic E-state index is 8.78. The van der Waals surface area contributed by atoms with E-state index < -0.39 is 0 Å². The summed E-state index contributed by atoms with van der Waals surface area (Å²) < 4.78 is 0. The Morgan fingerprint density at radius 1 is 1.60 bits per heavy atom. The van der Waals surface area contributed by atoms with Gasteiger partial charge in [0.15, 0.2) is 0 Å². The van der Waals surface area contributed by atoms with E-state index in [4.69, 9.17) is 5.11 Å². The van der Waals surface area contributed by atoms with Crippen LogP contribution in [0.3, 0.4) is 0 Å². The second-order valence-electron chi connectivity index (χ2n) is 2.41. The second kappa shape index (κ2) is 6.62. The SMILES string of the molecule is CCCCN/C=C\C(C)O. The zero-order valence-electron chi connectivity index (χ0n) is 6.80. The van der Waals surface area contributed by atoms with E-state index >= 15 is 0 Å². The number of unbranched alkanes of at least 4 members (excludes halogenated alkanes) is 1. The summed E-state index contributed by atoms with van der Waals surface area (Å²) in [6.45, 7) is 4.89. The number of aliphatic hydroxyl groups is 1. The summed E-state index contributed by atoms with van der Waals surface area (Å²) in [5.41, 5.74) is 0. The van der Waals surface area contributed by atoms with Crippen LogP contribution in [0.4, 0.5) is 0 Å². The summed E-state index contributed by atoms with van der Waals surface area (Å²) in [6, 6.07) is 0. The standard InChI is InChI=1S/C8H17NO/c1-3-4-6-9-7-5-8(2)10/h5,7-10H,3-4,6H2,1-2H3/b7-5-. The molecule has 2 nitrogen and oxygen atoms in total. The van der Waals surface area contributed by atoms with Gasteiger partial charge in [-0.25, -0.2) is 0 Å². The lowest BCUT2D eigenvalue weighted by Crippen LogP contribution is -2.07. The largest absolute Gasteiger partial charge is 0.391 e. The van der Waals surface area contributed by atoms with Crippen LogP contribution >= 0.6 is 0 Å². The van der Waals surface area contributed by atoms with Crippen molar-refractivity contribution in [2.45, 2.75) is 32.8 Å². The molecule has 0 spiro atoms. The van der Waals surface area contributed by atoms with Crippen molar-refractivity contribution >= 4 is 0 Å². The Morgan fingerprint density at radius 3 is 2.80 bits per heavy atom. The summed E-state index contributed by atoms with van der Waals surface area (Å²) in [7, 11) is 0. The van der Waals surface area contributed by atoms with Crippen LogP contribution in [0.5, 0.6) is 0 Å². The summed E-state index contributed by atoms with van der Waals surface area (Å²) >= 11 is 0. The fourth-order valence-electron chi connectivity index (χ4n) is 0.569. The van der Waals surface area contributed by atoms with Gasteiger partial charge in [0.25, 0.3) is 0 Å². The molecule has 0 radical (unpaired) electrons. The van der Waals surface area contributed by atoms with Gasteiger partial charge in [0.2, 0.25) is 0 Å². The van der Waals surface area contributed by atoms with E-state index in [0.29, 0.717) is 0 Å². The Bertz CT molecular complexity index is 89.3. The number of hydrogen-bond acceptors (Lipinski definition) is 2. The first-order chi connectivity index (χ1) is 4.77. The van der Waals surface area contributed by atoms with Gasteiger partial charge in [-0.1, -0.05) is 13.3 Å². The van der Waals surface area contributed by atoms with E-state index in [2.05, 4.69) is 12.2 Å². The minimum absolute atomic E-state index is 0.339. The van der Waals surface area contributed by atoms with Crippen molar-refractivity contribution in [2.75, 3.05) is 6.54 Å². The number of aliphatic hydroxyl groups excluding tert-OH is 1. The summed E-state index contributed by atoms with van der Waals surface area (Å²) in [4.78, 5) is 0. The predicted octanol–water partition coefficient (Wildman–Crippen LogP) is 1.27. The van der Waals surface area contributed by atoms with Gasteiger partial charge in [0.05, 0.1) is 6.10 Å². The Hall–Kier alpha value is -0.500. The molecule has 0 aromatic heterocycles. The minimum Gasteiger partial charge on any atom is -0.391 e. The monoisotopic (exact) mass is 143 g/mol. The predicted molar refractivity (Wildman–Crippen MR) is 43.7 cm³/mol. The molecule has 0 saturated heterocycles. The van der Waals surface area contributed by atoms with Gasteiger partial charge >= 0.3 is 0 Å². The summed E-state index contributed by atoms with van der Waals surface area (Å²) in [5, 5.41) is 11.9. The van der Waals surface area contributed by atoms with E-state index in [1.165, 1.54) is 12.8 Å². The van der Waals surface area contributed by atoms with Crippen LogP contribution in [0.1, 0.15) is 26.7 Å². The first-order valence-electron chi connectivity index (χ1n) is 3.85. The Morgan fingerprint density at radius 2 is 2.30 bits per heavy atom. The lowest BCUT2D eigenvalue weighted by molar-refractivity contribution is 0.243. The van der Waals surface area contributed by atoms with Crippen LogP contribution in [-0.2, 0) is 0 Å². The molecule has 2 N–H and O–H groups in total. The molecule has 10 heavy (non-hydrogen) atoms. The molecule has 0 heterocycles. The van der Waals surface area contributed by atoms with Crippen LogP contribution in [0.15, 0.2) is 12.3 Å². The fraction of sp³-hybridized carbons (Fsp3) is 0.750. The molecule has 0 aromatic carbocycles. The topological polar surface area (TPSA) is 32.3 Å². The second-order valence-corrected chi connectivity index (χ2v) is 2.41. The highest BCUT2D eigenvalue weighted by atomic mass is 16.3. The van der Waals surface area contributed by atoms with Crippen molar-refractivity contribution < 1.29 is 5.11 Å². The Labute approximate surface area is 62.9 Å². The molecule has 0 aliphatic rings. The minimum atomic E-state index is -0.339.